The molecule has 3 rings (SSSR count). The van der Waals surface area contributed by atoms with Crippen LogP contribution in [-0.4, -0.2) is 29.0 Å². The fourth-order valence-electron chi connectivity index (χ4n) is 2.25. The summed E-state index contributed by atoms with van der Waals surface area (Å²) in [6.45, 7) is 3.69. The maximum atomic E-state index is 12.0. The summed E-state index contributed by atoms with van der Waals surface area (Å²) in [7, 11) is 1.58. The zero-order valence-electron chi connectivity index (χ0n) is 14.0. The van der Waals surface area contributed by atoms with E-state index in [1.54, 1.807) is 25.3 Å². The molecule has 0 fully saturated rings. The number of carbonyl (C=O) groups excluding carboxylic acids is 1. The molecule has 25 heavy (non-hydrogen) atoms. The summed E-state index contributed by atoms with van der Waals surface area (Å²) >= 11 is 1.17. The van der Waals surface area contributed by atoms with Crippen LogP contribution in [0.4, 0.5) is 5.69 Å². The molecule has 1 aromatic carbocycles. The maximum absolute atomic E-state index is 12.0. The number of thioether (sulfide) groups is 1. The van der Waals surface area contributed by atoms with E-state index >= 15 is 0 Å². The molecule has 130 valence electrons. The predicted molar refractivity (Wildman–Crippen MR) is 93.8 cm³/mol. The maximum Gasteiger partial charge on any atom is 0.277 e. The van der Waals surface area contributed by atoms with Crippen molar-refractivity contribution in [1.82, 2.24) is 10.2 Å². The van der Waals surface area contributed by atoms with Gasteiger partial charge in [0.2, 0.25) is 5.91 Å². The Bertz CT molecular complexity index is 888. The molecule has 0 saturated heterocycles. The Morgan fingerprint density at radius 2 is 2.08 bits per heavy atom. The normalized spacial score (nSPS) is 10.7. The summed E-state index contributed by atoms with van der Waals surface area (Å²) in [6, 6.07) is 9.00. The molecule has 0 bridgehead atoms. The minimum atomic E-state index is -0.173. The first kappa shape index (κ1) is 17.1. The molecule has 8 heteroatoms. The van der Waals surface area contributed by atoms with Crippen molar-refractivity contribution >= 4 is 23.4 Å². The third-order valence-corrected chi connectivity index (χ3v) is 4.18. The lowest BCUT2D eigenvalue weighted by Gasteiger charge is -2.05. The fourth-order valence-corrected chi connectivity index (χ4v) is 2.81. The zero-order chi connectivity index (χ0) is 17.8. The van der Waals surface area contributed by atoms with Gasteiger partial charge >= 0.3 is 0 Å². The Kier molecular flexibility index (Phi) is 5.08. The van der Waals surface area contributed by atoms with Crippen LogP contribution in [0.2, 0.25) is 0 Å². The van der Waals surface area contributed by atoms with Gasteiger partial charge in [0.1, 0.15) is 17.3 Å². The summed E-state index contributed by atoms with van der Waals surface area (Å²) in [5.74, 6) is 2.53. The van der Waals surface area contributed by atoms with E-state index in [0.717, 1.165) is 11.3 Å². The van der Waals surface area contributed by atoms with E-state index in [4.69, 9.17) is 13.6 Å². The van der Waals surface area contributed by atoms with Gasteiger partial charge in [-0.25, -0.2) is 0 Å². The van der Waals surface area contributed by atoms with Crippen LogP contribution in [0, 0.1) is 13.8 Å². The molecule has 1 N–H and O–H groups in total. The fraction of sp³-hybridized carbons (Fsp3) is 0.235. The molecule has 7 nitrogen and oxygen atoms in total. The van der Waals surface area contributed by atoms with Gasteiger partial charge in [0.25, 0.3) is 11.1 Å². The van der Waals surface area contributed by atoms with E-state index in [1.165, 1.54) is 11.8 Å². The highest BCUT2D eigenvalue weighted by Gasteiger charge is 2.15. The second-order valence-corrected chi connectivity index (χ2v) is 6.20. The average Bonchev–Trinajstić information content (AvgIpc) is 3.19. The number of benzene rings is 1. The van der Waals surface area contributed by atoms with E-state index in [1.807, 2.05) is 26.0 Å². The van der Waals surface area contributed by atoms with Gasteiger partial charge in [-0.15, -0.1) is 10.2 Å². The first-order valence-corrected chi connectivity index (χ1v) is 8.51. The minimum absolute atomic E-state index is 0.155. The number of furan rings is 1. The number of aryl methyl sites for hydroxylation is 2. The minimum Gasteiger partial charge on any atom is -0.497 e. The Labute approximate surface area is 148 Å². The van der Waals surface area contributed by atoms with E-state index < -0.39 is 0 Å². The summed E-state index contributed by atoms with van der Waals surface area (Å²) in [5, 5.41) is 11.1. The number of carbonyl (C=O) groups is 1. The highest BCUT2D eigenvalue weighted by Crippen LogP contribution is 2.28. The Morgan fingerprint density at radius 3 is 2.80 bits per heavy atom. The summed E-state index contributed by atoms with van der Waals surface area (Å²) in [4.78, 5) is 12.0. The lowest BCUT2D eigenvalue weighted by Crippen LogP contribution is -2.13. The molecule has 0 spiro atoms. The third kappa shape index (κ3) is 4.21. The average molecular weight is 359 g/mol. The smallest absolute Gasteiger partial charge is 0.277 e. The van der Waals surface area contributed by atoms with E-state index in [2.05, 4.69) is 15.5 Å². The van der Waals surface area contributed by atoms with Gasteiger partial charge in [0.15, 0.2) is 0 Å². The molecule has 0 aliphatic heterocycles. The zero-order valence-corrected chi connectivity index (χ0v) is 14.8. The van der Waals surface area contributed by atoms with Crippen molar-refractivity contribution in [3.8, 4) is 17.2 Å². The predicted octanol–water partition coefficient (Wildman–Crippen LogP) is 3.69. The first-order chi connectivity index (χ1) is 12.0. The molecule has 0 unspecified atom stereocenters. The Hall–Kier alpha value is -2.74. The number of rotatable bonds is 6. The van der Waals surface area contributed by atoms with Crippen LogP contribution in [0.15, 0.2) is 44.4 Å². The van der Waals surface area contributed by atoms with Crippen LogP contribution in [-0.2, 0) is 4.79 Å². The number of hydrogen-bond acceptors (Lipinski definition) is 7. The quantitative estimate of drug-likeness (QED) is 0.671. The van der Waals surface area contributed by atoms with Gasteiger partial charge in [0, 0.05) is 11.8 Å². The van der Waals surface area contributed by atoms with E-state index in [-0.39, 0.29) is 11.7 Å². The van der Waals surface area contributed by atoms with Gasteiger partial charge in [-0.2, -0.15) is 0 Å². The highest BCUT2D eigenvalue weighted by molar-refractivity contribution is 7.99. The molecule has 0 radical (unpaired) electrons. The number of amides is 1. The van der Waals surface area contributed by atoms with Crippen molar-refractivity contribution < 1.29 is 18.4 Å². The number of hydrogen-bond donors (Lipinski definition) is 1. The second kappa shape index (κ2) is 7.43. The lowest BCUT2D eigenvalue weighted by atomic mass is 10.2. The summed E-state index contributed by atoms with van der Waals surface area (Å²) in [6.07, 6.45) is 0. The lowest BCUT2D eigenvalue weighted by molar-refractivity contribution is -0.113. The van der Waals surface area contributed by atoms with Gasteiger partial charge in [-0.3, -0.25) is 4.79 Å². The van der Waals surface area contributed by atoms with Crippen molar-refractivity contribution in [2.45, 2.75) is 19.1 Å². The molecule has 0 atom stereocenters. The van der Waals surface area contributed by atoms with Gasteiger partial charge in [-0.05, 0) is 32.0 Å². The van der Waals surface area contributed by atoms with Crippen LogP contribution >= 0.6 is 11.8 Å². The van der Waals surface area contributed by atoms with Gasteiger partial charge in [-0.1, -0.05) is 17.8 Å². The number of aromatic nitrogens is 2. The molecule has 3 aromatic rings. The molecule has 2 aromatic heterocycles. The molecular formula is C17H17N3O4S. The SMILES string of the molecule is COc1cccc(NC(=O)CSc2nnc(-c3cc(C)oc3C)o2)c1. The topological polar surface area (TPSA) is 90.4 Å². The van der Waals surface area contributed by atoms with Crippen molar-refractivity contribution in [2.75, 3.05) is 18.2 Å². The van der Waals surface area contributed by atoms with Crippen molar-refractivity contribution in [3.63, 3.8) is 0 Å². The highest BCUT2D eigenvalue weighted by atomic mass is 32.2. The van der Waals surface area contributed by atoms with Crippen LogP contribution < -0.4 is 10.1 Å². The molecule has 2 heterocycles. The molecule has 1 amide bonds. The van der Waals surface area contributed by atoms with Crippen LogP contribution in [0.3, 0.4) is 0 Å². The van der Waals surface area contributed by atoms with Crippen molar-refractivity contribution in [3.05, 3.63) is 41.9 Å². The molecule has 0 aliphatic rings. The number of methoxy groups -OCH3 is 1. The Morgan fingerprint density at radius 1 is 1.24 bits per heavy atom. The van der Waals surface area contributed by atoms with Gasteiger partial charge in [0.05, 0.1) is 18.4 Å². The van der Waals surface area contributed by atoms with Crippen LogP contribution in [0.5, 0.6) is 5.75 Å². The summed E-state index contributed by atoms with van der Waals surface area (Å²) < 4.78 is 16.2. The number of anilines is 1. The molecule has 0 saturated carbocycles. The number of nitrogens with zero attached hydrogens (tertiary/aromatic N) is 2. The van der Waals surface area contributed by atoms with E-state index in [9.17, 15) is 4.79 Å². The second-order valence-electron chi connectivity index (χ2n) is 5.27. The van der Waals surface area contributed by atoms with Crippen LogP contribution in [0.25, 0.3) is 11.5 Å². The standard InChI is InChI=1S/C17H17N3O4S/c1-10-7-14(11(2)23-10)16-19-20-17(24-16)25-9-15(21)18-12-5-4-6-13(8-12)22-3/h4-8H,9H2,1-3H3,(H,18,21). The summed E-state index contributed by atoms with van der Waals surface area (Å²) in [5.41, 5.74) is 1.43. The Balaban J connectivity index is 1.58. The molecular weight excluding hydrogens is 342 g/mol. The van der Waals surface area contributed by atoms with E-state index in [0.29, 0.717) is 28.3 Å². The van der Waals surface area contributed by atoms with Crippen molar-refractivity contribution in [2.24, 2.45) is 0 Å². The third-order valence-electron chi connectivity index (χ3n) is 3.36. The van der Waals surface area contributed by atoms with Gasteiger partial charge < -0.3 is 18.9 Å². The molecule has 0 aliphatic carbocycles. The largest absolute Gasteiger partial charge is 0.497 e. The number of ether oxygens (including phenoxy) is 1. The number of nitrogens with one attached hydrogen (secondary N) is 1. The first-order valence-electron chi connectivity index (χ1n) is 7.53. The monoisotopic (exact) mass is 359 g/mol. The van der Waals surface area contributed by atoms with Crippen molar-refractivity contribution in [1.29, 1.82) is 0 Å². The van der Waals surface area contributed by atoms with Crippen LogP contribution in [0.1, 0.15) is 11.5 Å².